The number of nitrogens with zero attached hydrogens (tertiary/aromatic N) is 1. The summed E-state index contributed by atoms with van der Waals surface area (Å²) in [5.41, 5.74) is 1.13. The molecular weight excluding hydrogens is 222 g/mol. The minimum atomic E-state index is -0.114. The molecule has 88 valence electrons. The van der Waals surface area contributed by atoms with E-state index in [1.807, 2.05) is 12.1 Å². The summed E-state index contributed by atoms with van der Waals surface area (Å²) in [6.07, 6.45) is 2.09. The summed E-state index contributed by atoms with van der Waals surface area (Å²) in [6.45, 7) is 2.16. The van der Waals surface area contributed by atoms with Gasteiger partial charge in [0.2, 0.25) is 0 Å². The fourth-order valence-corrected chi connectivity index (χ4v) is 2.47. The number of halogens is 1. The molecule has 0 amide bonds. The summed E-state index contributed by atoms with van der Waals surface area (Å²) in [6, 6.07) is 8.04. The lowest BCUT2D eigenvalue weighted by atomic mass is 9.84. The Morgan fingerprint density at radius 2 is 1.75 bits per heavy atom. The van der Waals surface area contributed by atoms with E-state index < -0.39 is 0 Å². The fraction of sp³-hybridized carbons (Fsp3) is 0.538. The van der Waals surface area contributed by atoms with Gasteiger partial charge in [-0.2, -0.15) is 0 Å². The van der Waals surface area contributed by atoms with Crippen LogP contribution in [0, 0.1) is 0 Å². The number of piperidine rings is 1. The molecule has 1 fully saturated rings. The van der Waals surface area contributed by atoms with Crippen molar-refractivity contribution in [3.63, 3.8) is 0 Å². The highest BCUT2D eigenvalue weighted by atomic mass is 35.5. The second-order valence-electron chi connectivity index (χ2n) is 4.51. The molecule has 0 bridgehead atoms. The predicted octanol–water partition coefficient (Wildman–Crippen LogP) is 2.91. The summed E-state index contributed by atoms with van der Waals surface area (Å²) in [4.78, 5) is 2.34. The number of hydrogen-bond acceptors (Lipinski definition) is 2. The van der Waals surface area contributed by atoms with Crippen LogP contribution in [0.3, 0.4) is 0 Å². The number of methoxy groups -OCH3 is 1. The first-order chi connectivity index (χ1) is 7.66. The second-order valence-corrected chi connectivity index (χ2v) is 4.95. The van der Waals surface area contributed by atoms with E-state index in [9.17, 15) is 0 Å². The van der Waals surface area contributed by atoms with E-state index in [-0.39, 0.29) is 5.60 Å². The van der Waals surface area contributed by atoms with Crippen LogP contribution in [0.15, 0.2) is 24.3 Å². The van der Waals surface area contributed by atoms with Gasteiger partial charge in [-0.25, -0.2) is 0 Å². The highest BCUT2D eigenvalue weighted by Gasteiger charge is 2.35. The average molecular weight is 240 g/mol. The molecule has 1 aromatic rings. The van der Waals surface area contributed by atoms with Crippen LogP contribution in [0.4, 0.5) is 0 Å². The molecule has 2 nitrogen and oxygen atoms in total. The Morgan fingerprint density at radius 3 is 2.25 bits per heavy atom. The predicted molar refractivity (Wildman–Crippen MR) is 66.9 cm³/mol. The van der Waals surface area contributed by atoms with Crippen molar-refractivity contribution in [3.8, 4) is 0 Å². The van der Waals surface area contributed by atoms with Crippen LogP contribution in [0.2, 0.25) is 5.02 Å². The summed E-state index contributed by atoms with van der Waals surface area (Å²) >= 11 is 5.91. The van der Waals surface area contributed by atoms with E-state index in [1.54, 1.807) is 7.11 Å². The van der Waals surface area contributed by atoms with E-state index in [0.717, 1.165) is 31.0 Å². The standard InChI is InChI=1S/C13H18ClNO/c1-15-9-7-13(16-2,8-10-15)11-3-5-12(14)6-4-11/h3-6H,7-10H2,1-2H3. The smallest absolute Gasteiger partial charge is 0.0951 e. The SMILES string of the molecule is COC1(c2ccc(Cl)cc2)CCN(C)CC1. The number of hydrogen-bond donors (Lipinski definition) is 0. The van der Waals surface area contributed by atoms with Gasteiger partial charge < -0.3 is 9.64 Å². The highest BCUT2D eigenvalue weighted by Crippen LogP contribution is 2.36. The van der Waals surface area contributed by atoms with Gasteiger partial charge >= 0.3 is 0 Å². The molecule has 0 aromatic heterocycles. The van der Waals surface area contributed by atoms with Crippen molar-refractivity contribution < 1.29 is 4.74 Å². The van der Waals surface area contributed by atoms with Crippen LogP contribution in [0.25, 0.3) is 0 Å². The molecule has 0 radical (unpaired) electrons. The van der Waals surface area contributed by atoms with Crippen LogP contribution < -0.4 is 0 Å². The molecule has 0 unspecified atom stereocenters. The van der Waals surface area contributed by atoms with Crippen molar-refractivity contribution in [1.29, 1.82) is 0 Å². The van der Waals surface area contributed by atoms with Crippen LogP contribution >= 0.6 is 11.6 Å². The van der Waals surface area contributed by atoms with Gasteiger partial charge in [0, 0.05) is 25.2 Å². The Balaban J connectivity index is 2.24. The third kappa shape index (κ3) is 2.24. The molecule has 1 saturated heterocycles. The normalized spacial score (nSPS) is 20.9. The van der Waals surface area contributed by atoms with Gasteiger partial charge in [-0.15, -0.1) is 0 Å². The minimum Gasteiger partial charge on any atom is -0.373 e. The highest BCUT2D eigenvalue weighted by molar-refractivity contribution is 6.30. The van der Waals surface area contributed by atoms with E-state index in [0.29, 0.717) is 0 Å². The van der Waals surface area contributed by atoms with Crippen molar-refractivity contribution in [2.75, 3.05) is 27.2 Å². The Bertz CT molecular complexity index is 341. The molecule has 0 aliphatic carbocycles. The monoisotopic (exact) mass is 239 g/mol. The van der Waals surface area contributed by atoms with Gasteiger partial charge in [-0.05, 0) is 37.6 Å². The second kappa shape index (κ2) is 4.74. The van der Waals surface area contributed by atoms with Gasteiger partial charge in [0.15, 0.2) is 0 Å². The van der Waals surface area contributed by atoms with Crippen LogP contribution in [-0.2, 0) is 10.3 Å². The topological polar surface area (TPSA) is 12.5 Å². The Hall–Kier alpha value is -0.570. The molecule has 3 heteroatoms. The summed E-state index contributed by atoms with van der Waals surface area (Å²) in [5, 5.41) is 0.780. The van der Waals surface area contributed by atoms with Crippen molar-refractivity contribution >= 4 is 11.6 Å². The summed E-state index contributed by atoms with van der Waals surface area (Å²) < 4.78 is 5.78. The molecular formula is C13H18ClNO. The Kier molecular flexibility index (Phi) is 3.53. The number of benzene rings is 1. The molecule has 1 aromatic carbocycles. The van der Waals surface area contributed by atoms with Gasteiger partial charge in [-0.3, -0.25) is 0 Å². The van der Waals surface area contributed by atoms with E-state index in [4.69, 9.17) is 16.3 Å². The first-order valence-electron chi connectivity index (χ1n) is 5.66. The van der Waals surface area contributed by atoms with E-state index in [1.165, 1.54) is 5.56 Å². The minimum absolute atomic E-state index is 0.114. The van der Waals surface area contributed by atoms with Crippen LogP contribution in [0.5, 0.6) is 0 Å². The van der Waals surface area contributed by atoms with Crippen LogP contribution in [-0.4, -0.2) is 32.1 Å². The molecule has 1 aliphatic rings. The van der Waals surface area contributed by atoms with Crippen LogP contribution in [0.1, 0.15) is 18.4 Å². The fourth-order valence-electron chi connectivity index (χ4n) is 2.34. The van der Waals surface area contributed by atoms with Crippen molar-refractivity contribution in [2.24, 2.45) is 0 Å². The lowest BCUT2D eigenvalue weighted by Crippen LogP contribution is -2.42. The molecule has 0 atom stereocenters. The van der Waals surface area contributed by atoms with Crippen molar-refractivity contribution in [2.45, 2.75) is 18.4 Å². The molecule has 16 heavy (non-hydrogen) atoms. The third-order valence-corrected chi connectivity index (χ3v) is 3.81. The largest absolute Gasteiger partial charge is 0.373 e. The quantitative estimate of drug-likeness (QED) is 0.787. The molecule has 0 spiro atoms. The summed E-state index contributed by atoms with van der Waals surface area (Å²) in [7, 11) is 3.96. The zero-order chi connectivity index (χ0) is 11.6. The van der Waals surface area contributed by atoms with Crippen molar-refractivity contribution in [3.05, 3.63) is 34.9 Å². The molecule has 1 aliphatic heterocycles. The zero-order valence-corrected chi connectivity index (χ0v) is 10.6. The maximum atomic E-state index is 5.91. The van der Waals surface area contributed by atoms with Gasteiger partial charge in [-0.1, -0.05) is 23.7 Å². The Morgan fingerprint density at radius 1 is 1.19 bits per heavy atom. The van der Waals surface area contributed by atoms with Gasteiger partial charge in [0.1, 0.15) is 0 Å². The third-order valence-electron chi connectivity index (χ3n) is 3.56. The van der Waals surface area contributed by atoms with E-state index >= 15 is 0 Å². The average Bonchev–Trinajstić information content (AvgIpc) is 2.32. The molecule has 2 rings (SSSR count). The first kappa shape index (κ1) is 11.9. The number of rotatable bonds is 2. The maximum Gasteiger partial charge on any atom is 0.0951 e. The van der Waals surface area contributed by atoms with Crippen molar-refractivity contribution in [1.82, 2.24) is 4.90 Å². The van der Waals surface area contributed by atoms with Gasteiger partial charge in [0.25, 0.3) is 0 Å². The van der Waals surface area contributed by atoms with Gasteiger partial charge in [0.05, 0.1) is 5.60 Å². The molecule has 0 N–H and O–H groups in total. The summed E-state index contributed by atoms with van der Waals surface area (Å²) in [5.74, 6) is 0. The Labute approximate surface area is 102 Å². The lowest BCUT2D eigenvalue weighted by molar-refractivity contribution is -0.0585. The number of ether oxygens (including phenoxy) is 1. The molecule has 1 heterocycles. The lowest BCUT2D eigenvalue weighted by Gasteiger charge is -2.40. The molecule has 0 saturated carbocycles. The number of likely N-dealkylation sites (tertiary alicyclic amines) is 1. The zero-order valence-electron chi connectivity index (χ0n) is 9.87. The maximum absolute atomic E-state index is 5.91. The first-order valence-corrected chi connectivity index (χ1v) is 6.04. The van der Waals surface area contributed by atoms with E-state index in [2.05, 4.69) is 24.1 Å².